The van der Waals surface area contributed by atoms with E-state index in [2.05, 4.69) is 15.4 Å². The highest BCUT2D eigenvalue weighted by molar-refractivity contribution is 7.92. The number of hydrogen-bond donors (Lipinski definition) is 3. The van der Waals surface area contributed by atoms with E-state index in [4.69, 9.17) is 4.74 Å². The molecule has 0 aromatic heterocycles. The number of rotatable bonds is 9. The standard InChI is InChI=1S/C20H25N3O5S/c1-14(2)19(22-18(24)13-28-17-7-5-4-6-8-17)20(25)21-15-9-11-16(12-10-15)23-29(3,26)27/h4-12,14,19,23H,13H2,1-3H3,(H,21,25)(H,22,24). The van der Waals surface area contributed by atoms with Crippen molar-refractivity contribution in [1.29, 1.82) is 0 Å². The van der Waals surface area contributed by atoms with Gasteiger partial charge < -0.3 is 15.4 Å². The summed E-state index contributed by atoms with van der Waals surface area (Å²) < 4.78 is 30.2. The van der Waals surface area contributed by atoms with Gasteiger partial charge in [0.25, 0.3) is 5.91 Å². The van der Waals surface area contributed by atoms with Crippen LogP contribution in [0.3, 0.4) is 0 Å². The van der Waals surface area contributed by atoms with Crippen LogP contribution >= 0.6 is 0 Å². The Balaban J connectivity index is 1.93. The van der Waals surface area contributed by atoms with Crippen LogP contribution in [0.2, 0.25) is 0 Å². The molecule has 29 heavy (non-hydrogen) atoms. The first-order chi connectivity index (χ1) is 13.6. The third-order valence-corrected chi connectivity index (χ3v) is 4.44. The molecule has 0 aliphatic heterocycles. The highest BCUT2D eigenvalue weighted by Gasteiger charge is 2.24. The molecule has 0 radical (unpaired) electrons. The summed E-state index contributed by atoms with van der Waals surface area (Å²) in [5.74, 6) is -0.370. The second-order valence-electron chi connectivity index (χ2n) is 6.83. The first-order valence-corrected chi connectivity index (χ1v) is 10.9. The Bertz CT molecular complexity index is 928. The van der Waals surface area contributed by atoms with Crippen LogP contribution in [0, 0.1) is 5.92 Å². The molecule has 2 aromatic rings. The van der Waals surface area contributed by atoms with Crippen LogP contribution in [0.5, 0.6) is 5.75 Å². The van der Waals surface area contributed by atoms with Gasteiger partial charge in [0, 0.05) is 11.4 Å². The molecule has 8 nitrogen and oxygen atoms in total. The van der Waals surface area contributed by atoms with Gasteiger partial charge in [-0.2, -0.15) is 0 Å². The SMILES string of the molecule is CC(C)C(NC(=O)COc1ccccc1)C(=O)Nc1ccc(NS(C)(=O)=O)cc1. The summed E-state index contributed by atoms with van der Waals surface area (Å²) >= 11 is 0. The molecule has 0 spiro atoms. The first-order valence-electron chi connectivity index (χ1n) is 9.00. The fourth-order valence-corrected chi connectivity index (χ4v) is 3.04. The van der Waals surface area contributed by atoms with Gasteiger partial charge in [-0.05, 0) is 42.3 Å². The van der Waals surface area contributed by atoms with Gasteiger partial charge in [0.1, 0.15) is 11.8 Å². The number of carbonyl (C=O) groups excluding carboxylic acids is 2. The number of para-hydroxylation sites is 1. The van der Waals surface area contributed by atoms with E-state index in [1.165, 1.54) is 12.1 Å². The minimum atomic E-state index is -3.37. The number of benzene rings is 2. The third kappa shape index (κ3) is 7.82. The number of carbonyl (C=O) groups is 2. The lowest BCUT2D eigenvalue weighted by molar-refractivity contribution is -0.128. The molecule has 0 saturated carbocycles. The van der Waals surface area contributed by atoms with Gasteiger partial charge in [-0.3, -0.25) is 14.3 Å². The van der Waals surface area contributed by atoms with E-state index in [9.17, 15) is 18.0 Å². The van der Waals surface area contributed by atoms with Crippen molar-refractivity contribution in [1.82, 2.24) is 5.32 Å². The summed E-state index contributed by atoms with van der Waals surface area (Å²) in [5, 5.41) is 5.40. The van der Waals surface area contributed by atoms with Crippen molar-refractivity contribution in [2.24, 2.45) is 5.92 Å². The Morgan fingerprint density at radius 3 is 2.10 bits per heavy atom. The van der Waals surface area contributed by atoms with Crippen LogP contribution in [0.1, 0.15) is 13.8 Å². The van der Waals surface area contributed by atoms with E-state index in [0.717, 1.165) is 6.26 Å². The van der Waals surface area contributed by atoms with E-state index in [0.29, 0.717) is 17.1 Å². The van der Waals surface area contributed by atoms with Crippen molar-refractivity contribution < 1.29 is 22.7 Å². The monoisotopic (exact) mass is 419 g/mol. The van der Waals surface area contributed by atoms with Crippen molar-refractivity contribution in [3.05, 3.63) is 54.6 Å². The lowest BCUT2D eigenvalue weighted by atomic mass is 10.0. The van der Waals surface area contributed by atoms with E-state index in [-0.39, 0.29) is 18.4 Å². The summed E-state index contributed by atoms with van der Waals surface area (Å²) in [6, 6.07) is 14.4. The van der Waals surface area contributed by atoms with Gasteiger partial charge in [-0.1, -0.05) is 32.0 Å². The second-order valence-corrected chi connectivity index (χ2v) is 8.58. The van der Waals surface area contributed by atoms with Crippen molar-refractivity contribution in [3.8, 4) is 5.75 Å². The van der Waals surface area contributed by atoms with Gasteiger partial charge in [-0.15, -0.1) is 0 Å². The number of ether oxygens (including phenoxy) is 1. The fraction of sp³-hybridized carbons (Fsp3) is 0.300. The molecule has 0 saturated heterocycles. The van der Waals surface area contributed by atoms with E-state index < -0.39 is 22.0 Å². The summed E-state index contributed by atoms with van der Waals surface area (Å²) in [6.45, 7) is 3.44. The maximum absolute atomic E-state index is 12.6. The summed E-state index contributed by atoms with van der Waals surface area (Å²) in [6.07, 6.45) is 1.06. The van der Waals surface area contributed by atoms with E-state index >= 15 is 0 Å². The number of anilines is 2. The van der Waals surface area contributed by atoms with Crippen LogP contribution in [0.15, 0.2) is 54.6 Å². The molecule has 0 aliphatic carbocycles. The zero-order chi connectivity index (χ0) is 21.4. The van der Waals surface area contributed by atoms with E-state index in [1.807, 2.05) is 19.9 Å². The van der Waals surface area contributed by atoms with Crippen molar-refractivity contribution in [2.75, 3.05) is 22.9 Å². The highest BCUT2D eigenvalue weighted by Crippen LogP contribution is 2.16. The number of sulfonamides is 1. The number of nitrogens with one attached hydrogen (secondary N) is 3. The molecule has 2 amide bonds. The van der Waals surface area contributed by atoms with Crippen LogP contribution in [0.25, 0.3) is 0 Å². The molecule has 1 atom stereocenters. The predicted octanol–water partition coefficient (Wildman–Crippen LogP) is 2.22. The van der Waals surface area contributed by atoms with Gasteiger partial charge >= 0.3 is 0 Å². The minimum Gasteiger partial charge on any atom is -0.484 e. The Morgan fingerprint density at radius 2 is 1.55 bits per heavy atom. The van der Waals surface area contributed by atoms with Gasteiger partial charge in [-0.25, -0.2) is 8.42 Å². The Morgan fingerprint density at radius 1 is 0.966 bits per heavy atom. The zero-order valence-corrected chi connectivity index (χ0v) is 17.3. The topological polar surface area (TPSA) is 114 Å². The van der Waals surface area contributed by atoms with Crippen LogP contribution in [0.4, 0.5) is 11.4 Å². The molecular weight excluding hydrogens is 394 g/mol. The molecule has 0 bridgehead atoms. The smallest absolute Gasteiger partial charge is 0.258 e. The molecule has 0 heterocycles. The van der Waals surface area contributed by atoms with Crippen LogP contribution < -0.4 is 20.1 Å². The third-order valence-electron chi connectivity index (χ3n) is 3.83. The fourth-order valence-electron chi connectivity index (χ4n) is 2.47. The molecule has 0 fully saturated rings. The number of hydrogen-bond acceptors (Lipinski definition) is 5. The van der Waals surface area contributed by atoms with E-state index in [1.54, 1.807) is 36.4 Å². The maximum atomic E-state index is 12.6. The van der Waals surface area contributed by atoms with Gasteiger partial charge in [0.15, 0.2) is 6.61 Å². The summed E-state index contributed by atoms with van der Waals surface area (Å²) in [7, 11) is -3.37. The van der Waals surface area contributed by atoms with Crippen LogP contribution in [-0.4, -0.2) is 39.1 Å². The molecule has 2 rings (SSSR count). The zero-order valence-electron chi connectivity index (χ0n) is 16.5. The summed E-state index contributed by atoms with van der Waals surface area (Å²) in [4.78, 5) is 24.8. The van der Waals surface area contributed by atoms with Crippen molar-refractivity contribution in [3.63, 3.8) is 0 Å². The molecule has 156 valence electrons. The average molecular weight is 420 g/mol. The maximum Gasteiger partial charge on any atom is 0.258 e. The first kappa shape index (κ1) is 22.2. The Kier molecular flexibility index (Phi) is 7.60. The average Bonchev–Trinajstić information content (AvgIpc) is 2.65. The normalized spacial score (nSPS) is 12.1. The lowest BCUT2D eigenvalue weighted by Crippen LogP contribution is -2.48. The molecule has 1 unspecified atom stereocenters. The second kappa shape index (κ2) is 9.92. The Labute approximate surface area is 170 Å². The Hall–Kier alpha value is -3.07. The summed E-state index contributed by atoms with van der Waals surface area (Å²) in [5.41, 5.74) is 0.867. The largest absolute Gasteiger partial charge is 0.484 e. The predicted molar refractivity (Wildman–Crippen MR) is 112 cm³/mol. The minimum absolute atomic E-state index is 0.151. The van der Waals surface area contributed by atoms with Gasteiger partial charge in [0.05, 0.1) is 6.26 Å². The van der Waals surface area contributed by atoms with Crippen LogP contribution in [-0.2, 0) is 19.6 Å². The lowest BCUT2D eigenvalue weighted by Gasteiger charge is -2.22. The van der Waals surface area contributed by atoms with Gasteiger partial charge in [0.2, 0.25) is 15.9 Å². The molecular formula is C20H25N3O5S. The molecule has 3 N–H and O–H groups in total. The quantitative estimate of drug-likeness (QED) is 0.577. The molecule has 0 aliphatic rings. The highest BCUT2D eigenvalue weighted by atomic mass is 32.2. The molecule has 2 aromatic carbocycles. The van der Waals surface area contributed by atoms with Crippen molar-refractivity contribution >= 4 is 33.2 Å². The number of amides is 2. The van der Waals surface area contributed by atoms with Crippen molar-refractivity contribution in [2.45, 2.75) is 19.9 Å². The molecule has 9 heteroatoms.